The van der Waals surface area contributed by atoms with Crippen molar-refractivity contribution >= 4 is 15.9 Å². The first kappa shape index (κ1) is 14.0. The Morgan fingerprint density at radius 2 is 2.06 bits per heavy atom. The molecule has 1 atom stereocenters. The van der Waals surface area contributed by atoms with Gasteiger partial charge in [-0.3, -0.25) is 0 Å². The van der Waals surface area contributed by atoms with Crippen molar-refractivity contribution in [1.82, 2.24) is 5.32 Å². The van der Waals surface area contributed by atoms with Gasteiger partial charge in [0.05, 0.1) is 12.6 Å². The number of aliphatic hydroxyl groups excluding tert-OH is 1. The summed E-state index contributed by atoms with van der Waals surface area (Å²) in [6.07, 6.45) is 6.47. The van der Waals surface area contributed by atoms with Crippen molar-refractivity contribution < 1.29 is 5.11 Å². The highest BCUT2D eigenvalue weighted by molar-refractivity contribution is 9.10. The summed E-state index contributed by atoms with van der Waals surface area (Å²) in [5.74, 6) is 0. The lowest BCUT2D eigenvalue weighted by molar-refractivity contribution is 0.220. The molecule has 1 aliphatic carbocycles. The third-order valence-corrected chi connectivity index (χ3v) is 4.70. The number of rotatable bonds is 4. The first-order chi connectivity index (χ1) is 8.70. The zero-order valence-electron chi connectivity index (χ0n) is 11.0. The third kappa shape index (κ3) is 3.56. The van der Waals surface area contributed by atoms with Crippen LogP contribution in [0.4, 0.5) is 0 Å². The quantitative estimate of drug-likeness (QED) is 0.888. The van der Waals surface area contributed by atoms with Crippen LogP contribution in [-0.4, -0.2) is 17.8 Å². The van der Waals surface area contributed by atoms with E-state index in [0.29, 0.717) is 6.04 Å². The molecule has 2 rings (SSSR count). The van der Waals surface area contributed by atoms with Crippen LogP contribution in [0.5, 0.6) is 0 Å². The average Bonchev–Trinajstić information content (AvgIpc) is 2.40. The molecule has 18 heavy (non-hydrogen) atoms. The maximum absolute atomic E-state index is 9.60. The van der Waals surface area contributed by atoms with E-state index in [2.05, 4.69) is 46.4 Å². The predicted octanol–water partition coefficient (Wildman–Crippen LogP) is 3.71. The van der Waals surface area contributed by atoms with Crippen LogP contribution in [0.2, 0.25) is 0 Å². The molecule has 3 heteroatoms. The van der Waals surface area contributed by atoms with Crippen LogP contribution in [0.15, 0.2) is 22.7 Å². The van der Waals surface area contributed by atoms with Gasteiger partial charge in [-0.05, 0) is 37.0 Å². The molecule has 1 aromatic carbocycles. The van der Waals surface area contributed by atoms with Gasteiger partial charge in [0.15, 0.2) is 0 Å². The summed E-state index contributed by atoms with van der Waals surface area (Å²) >= 11 is 3.52. The predicted molar refractivity (Wildman–Crippen MR) is 78.7 cm³/mol. The van der Waals surface area contributed by atoms with E-state index in [-0.39, 0.29) is 12.6 Å². The van der Waals surface area contributed by atoms with Gasteiger partial charge in [-0.2, -0.15) is 0 Å². The van der Waals surface area contributed by atoms with Gasteiger partial charge in [-0.25, -0.2) is 0 Å². The Bertz CT molecular complexity index is 388. The molecule has 1 fully saturated rings. The number of aliphatic hydroxyl groups is 1. The smallest absolute Gasteiger partial charge is 0.0626 e. The molecule has 0 saturated heterocycles. The Morgan fingerprint density at radius 1 is 1.33 bits per heavy atom. The van der Waals surface area contributed by atoms with E-state index in [1.54, 1.807) is 0 Å². The lowest BCUT2D eigenvalue weighted by atomic mass is 9.94. The average molecular weight is 312 g/mol. The van der Waals surface area contributed by atoms with Gasteiger partial charge in [-0.15, -0.1) is 0 Å². The van der Waals surface area contributed by atoms with Gasteiger partial charge in [0, 0.05) is 10.5 Å². The van der Waals surface area contributed by atoms with Crippen molar-refractivity contribution in [3.63, 3.8) is 0 Å². The minimum Gasteiger partial charge on any atom is -0.394 e. The van der Waals surface area contributed by atoms with E-state index < -0.39 is 0 Å². The third-order valence-electron chi connectivity index (χ3n) is 3.81. The van der Waals surface area contributed by atoms with Crippen LogP contribution >= 0.6 is 15.9 Å². The van der Waals surface area contributed by atoms with Crippen molar-refractivity contribution in [2.45, 2.75) is 51.1 Å². The molecule has 1 aromatic rings. The number of hydrogen-bond donors (Lipinski definition) is 2. The zero-order chi connectivity index (χ0) is 13.0. The number of nitrogens with one attached hydrogen (secondary N) is 1. The summed E-state index contributed by atoms with van der Waals surface area (Å²) in [6.45, 7) is 2.25. The molecule has 0 heterocycles. The van der Waals surface area contributed by atoms with Gasteiger partial charge >= 0.3 is 0 Å². The summed E-state index contributed by atoms with van der Waals surface area (Å²) in [4.78, 5) is 0. The molecule has 0 aromatic heterocycles. The normalized spacial score (nSPS) is 18.8. The SMILES string of the molecule is Cc1cc(C(CO)NC2CCCCC2)ccc1Br. The Balaban J connectivity index is 2.04. The van der Waals surface area contributed by atoms with Crippen LogP contribution in [-0.2, 0) is 0 Å². The summed E-state index contributed by atoms with van der Waals surface area (Å²) in [5.41, 5.74) is 2.40. The largest absolute Gasteiger partial charge is 0.394 e. The van der Waals surface area contributed by atoms with Crippen LogP contribution in [0, 0.1) is 6.92 Å². The van der Waals surface area contributed by atoms with E-state index in [1.807, 2.05) is 0 Å². The summed E-state index contributed by atoms with van der Waals surface area (Å²) in [7, 11) is 0. The van der Waals surface area contributed by atoms with Crippen molar-refractivity contribution in [2.24, 2.45) is 0 Å². The molecule has 0 amide bonds. The minimum absolute atomic E-state index is 0.0694. The molecule has 2 nitrogen and oxygen atoms in total. The molecule has 2 N–H and O–H groups in total. The monoisotopic (exact) mass is 311 g/mol. The molecule has 0 spiro atoms. The van der Waals surface area contributed by atoms with Crippen molar-refractivity contribution in [2.75, 3.05) is 6.61 Å². The van der Waals surface area contributed by atoms with E-state index >= 15 is 0 Å². The minimum atomic E-state index is 0.0694. The highest BCUT2D eigenvalue weighted by Gasteiger charge is 2.18. The van der Waals surface area contributed by atoms with Crippen LogP contribution in [0.25, 0.3) is 0 Å². The van der Waals surface area contributed by atoms with Crippen LogP contribution in [0.1, 0.15) is 49.3 Å². The first-order valence-corrected chi connectivity index (χ1v) is 7.63. The first-order valence-electron chi connectivity index (χ1n) is 6.83. The second-order valence-corrected chi connectivity index (χ2v) is 6.10. The van der Waals surface area contributed by atoms with Crippen molar-refractivity contribution in [3.8, 4) is 0 Å². The summed E-state index contributed by atoms with van der Waals surface area (Å²) in [5, 5.41) is 13.2. The maximum atomic E-state index is 9.60. The molecule has 0 bridgehead atoms. The van der Waals surface area contributed by atoms with E-state index in [1.165, 1.54) is 43.2 Å². The van der Waals surface area contributed by atoms with Crippen molar-refractivity contribution in [1.29, 1.82) is 0 Å². The number of aryl methyl sites for hydroxylation is 1. The fraction of sp³-hybridized carbons (Fsp3) is 0.600. The second kappa shape index (κ2) is 6.69. The maximum Gasteiger partial charge on any atom is 0.0626 e. The summed E-state index contributed by atoms with van der Waals surface area (Å²) < 4.78 is 1.13. The Labute approximate surface area is 118 Å². The Morgan fingerprint density at radius 3 is 2.67 bits per heavy atom. The number of benzene rings is 1. The van der Waals surface area contributed by atoms with E-state index in [4.69, 9.17) is 0 Å². The second-order valence-electron chi connectivity index (χ2n) is 5.25. The van der Waals surface area contributed by atoms with E-state index in [0.717, 1.165) is 4.47 Å². The molecule has 1 unspecified atom stereocenters. The topological polar surface area (TPSA) is 32.3 Å². The van der Waals surface area contributed by atoms with Gasteiger partial charge in [-0.1, -0.05) is 47.3 Å². The Hall–Kier alpha value is -0.380. The van der Waals surface area contributed by atoms with Gasteiger partial charge in [0.1, 0.15) is 0 Å². The lowest BCUT2D eigenvalue weighted by Gasteiger charge is -2.28. The molecular formula is C15H22BrNO. The van der Waals surface area contributed by atoms with Gasteiger partial charge in [0.25, 0.3) is 0 Å². The number of hydrogen-bond acceptors (Lipinski definition) is 2. The van der Waals surface area contributed by atoms with Crippen LogP contribution < -0.4 is 5.32 Å². The molecular weight excluding hydrogens is 290 g/mol. The zero-order valence-corrected chi connectivity index (χ0v) is 12.5. The molecule has 0 radical (unpaired) electrons. The molecule has 1 saturated carbocycles. The number of halogens is 1. The fourth-order valence-corrected chi connectivity index (χ4v) is 2.94. The van der Waals surface area contributed by atoms with Gasteiger partial charge in [0.2, 0.25) is 0 Å². The Kier molecular flexibility index (Phi) is 5.22. The highest BCUT2D eigenvalue weighted by atomic mass is 79.9. The van der Waals surface area contributed by atoms with Gasteiger partial charge < -0.3 is 10.4 Å². The molecule has 1 aliphatic rings. The lowest BCUT2D eigenvalue weighted by Crippen LogP contribution is -2.36. The highest BCUT2D eigenvalue weighted by Crippen LogP contribution is 2.24. The fourth-order valence-electron chi connectivity index (χ4n) is 2.69. The van der Waals surface area contributed by atoms with Crippen molar-refractivity contribution in [3.05, 3.63) is 33.8 Å². The molecule has 0 aliphatic heterocycles. The van der Waals surface area contributed by atoms with E-state index in [9.17, 15) is 5.11 Å². The molecule has 100 valence electrons. The summed E-state index contributed by atoms with van der Waals surface area (Å²) in [6, 6.07) is 6.95. The standard InChI is InChI=1S/C15H22BrNO/c1-11-9-12(7-8-14(11)16)15(10-18)17-13-5-3-2-4-6-13/h7-9,13,15,17-18H,2-6,10H2,1H3. The van der Waals surface area contributed by atoms with Crippen LogP contribution in [0.3, 0.4) is 0 Å².